The Labute approximate surface area is 165 Å². The molecule has 0 saturated carbocycles. The van der Waals surface area contributed by atoms with Crippen LogP contribution in [0.3, 0.4) is 0 Å². The molecule has 4 heterocycles. The Morgan fingerprint density at radius 2 is 1.04 bits per heavy atom. The quantitative estimate of drug-likeness (QED) is 0.429. The molecular weight excluding hydrogens is 388 g/mol. The van der Waals surface area contributed by atoms with Gasteiger partial charge in [0.05, 0.1) is 21.8 Å². The van der Waals surface area contributed by atoms with Crippen molar-refractivity contribution in [2.45, 2.75) is 0 Å². The average Bonchev–Trinajstić information content (AvgIpc) is 3.46. The Morgan fingerprint density at radius 3 is 1.50 bits per heavy atom. The molecule has 0 bridgehead atoms. The topological polar surface area (TPSA) is 59.9 Å². The molecule has 4 nitrogen and oxygen atoms in total. The summed E-state index contributed by atoms with van der Waals surface area (Å²) < 4.78 is 2.19. The largest absolute Gasteiger partial charge is 0.280 e. The molecule has 0 aliphatic carbocycles. The second-order valence-corrected chi connectivity index (χ2v) is 8.39. The van der Waals surface area contributed by atoms with E-state index >= 15 is 0 Å². The zero-order valence-electron chi connectivity index (χ0n) is 14.3. The van der Waals surface area contributed by atoms with Gasteiger partial charge in [0.25, 0.3) is 11.1 Å². The van der Waals surface area contributed by atoms with Crippen molar-refractivity contribution in [2.75, 3.05) is 0 Å². The molecule has 0 radical (unpaired) electrons. The number of thiophene rings is 2. The maximum Gasteiger partial charge on any atom is 0.280 e. The van der Waals surface area contributed by atoms with Crippen molar-refractivity contribution < 1.29 is 0 Å². The maximum absolute atomic E-state index is 12.8. The van der Waals surface area contributed by atoms with Crippen LogP contribution in [0.25, 0.3) is 42.7 Å². The zero-order valence-corrected chi connectivity index (χ0v) is 15.9. The van der Waals surface area contributed by atoms with Crippen LogP contribution in [0, 0.1) is 10.4 Å². The normalized spacial score (nSPS) is 11.9. The first-order valence-corrected chi connectivity index (χ1v) is 10.4. The van der Waals surface area contributed by atoms with Gasteiger partial charge in [0, 0.05) is 42.1 Å². The Kier molecular flexibility index (Phi) is 3.18. The lowest BCUT2D eigenvalue weighted by Gasteiger charge is -1.94. The van der Waals surface area contributed by atoms with E-state index in [0.717, 1.165) is 31.3 Å². The summed E-state index contributed by atoms with van der Waals surface area (Å²) in [6, 6.07) is 15.8. The molecule has 0 saturated heterocycles. The summed E-state index contributed by atoms with van der Waals surface area (Å²) in [5.74, 6) is 0. The molecule has 28 heavy (non-hydrogen) atoms. The lowest BCUT2D eigenvalue weighted by atomic mass is 10.1. The van der Waals surface area contributed by atoms with Gasteiger partial charge in [-0.05, 0) is 12.1 Å². The first kappa shape index (κ1) is 15.8. The standard InChI is InChI=1S/C22H10N2O2S2/c25-21-17-18(20(24-21)14-10-28-16-8-4-2-6-12(14)16)22(26)23-19(17)13-9-27-15-7-3-1-5-11(13)15/h1-10H. The zero-order chi connectivity index (χ0) is 18.8. The molecule has 2 aromatic carbocycles. The van der Waals surface area contributed by atoms with E-state index in [1.807, 2.05) is 59.3 Å². The third-order valence-corrected chi connectivity index (χ3v) is 6.98. The van der Waals surface area contributed by atoms with Gasteiger partial charge in [-0.25, -0.2) is 9.97 Å². The van der Waals surface area contributed by atoms with E-state index in [-0.39, 0.29) is 11.1 Å². The van der Waals surface area contributed by atoms with E-state index in [4.69, 9.17) is 0 Å². The fraction of sp³-hybridized carbons (Fsp3) is 0. The number of hydrogen-bond acceptors (Lipinski definition) is 6. The van der Waals surface area contributed by atoms with Crippen LogP contribution in [0.5, 0.6) is 0 Å². The predicted octanol–water partition coefficient (Wildman–Crippen LogP) is 4.56. The minimum absolute atomic E-state index is 0.332. The van der Waals surface area contributed by atoms with E-state index in [9.17, 15) is 9.59 Å². The molecular formula is C22H10N2O2S2. The summed E-state index contributed by atoms with van der Waals surface area (Å²) in [5, 5.41) is 6.57. The highest BCUT2D eigenvalue weighted by Crippen LogP contribution is 2.36. The molecule has 2 aromatic heterocycles. The van der Waals surface area contributed by atoms with Crippen molar-refractivity contribution in [1.29, 1.82) is 0 Å². The predicted molar refractivity (Wildman–Crippen MR) is 114 cm³/mol. The second kappa shape index (κ2) is 5.64. The minimum atomic E-state index is -0.389. The van der Waals surface area contributed by atoms with E-state index in [0.29, 0.717) is 21.8 Å². The van der Waals surface area contributed by atoms with Gasteiger partial charge in [-0.2, -0.15) is 0 Å². The molecule has 2 aliphatic heterocycles. The molecule has 0 N–H and O–H groups in total. The first-order chi connectivity index (χ1) is 13.7. The highest BCUT2D eigenvalue weighted by Gasteiger charge is 2.22. The van der Waals surface area contributed by atoms with Gasteiger partial charge in [0.1, 0.15) is 0 Å². The van der Waals surface area contributed by atoms with Crippen molar-refractivity contribution in [2.24, 2.45) is 0 Å². The highest BCUT2D eigenvalue weighted by atomic mass is 32.1. The van der Waals surface area contributed by atoms with Crippen LogP contribution < -0.4 is 11.1 Å². The SMILES string of the molecule is O=c1nc(-c2csc3ccccc23)c2c(=O)nc(-c3csc4ccccc34)c1=2. The van der Waals surface area contributed by atoms with Gasteiger partial charge >= 0.3 is 0 Å². The van der Waals surface area contributed by atoms with Gasteiger partial charge in [0.15, 0.2) is 0 Å². The van der Waals surface area contributed by atoms with Crippen molar-refractivity contribution in [1.82, 2.24) is 9.97 Å². The summed E-state index contributed by atoms with van der Waals surface area (Å²) >= 11 is 3.15. The average molecular weight is 398 g/mol. The highest BCUT2D eigenvalue weighted by molar-refractivity contribution is 7.18. The summed E-state index contributed by atoms with van der Waals surface area (Å²) in [7, 11) is 0. The minimum Gasteiger partial charge on any atom is -0.267 e. The summed E-state index contributed by atoms with van der Waals surface area (Å²) in [6.07, 6.45) is 0. The molecule has 6 rings (SSSR count). The molecule has 2 aliphatic rings. The fourth-order valence-electron chi connectivity index (χ4n) is 3.79. The lowest BCUT2D eigenvalue weighted by Crippen LogP contribution is -2.04. The number of rotatable bonds is 2. The van der Waals surface area contributed by atoms with Crippen LogP contribution in [-0.2, 0) is 0 Å². The Balaban J connectivity index is 1.73. The molecule has 0 fully saturated rings. The monoisotopic (exact) mass is 398 g/mol. The number of aromatic nitrogens is 2. The Morgan fingerprint density at radius 1 is 0.607 bits per heavy atom. The van der Waals surface area contributed by atoms with Crippen molar-refractivity contribution >= 4 is 42.8 Å². The van der Waals surface area contributed by atoms with Gasteiger partial charge in [-0.15, -0.1) is 22.7 Å². The van der Waals surface area contributed by atoms with Crippen molar-refractivity contribution in [3.05, 3.63) is 90.4 Å². The summed E-state index contributed by atoms with van der Waals surface area (Å²) in [6.45, 7) is 0. The Bertz CT molecular complexity index is 1540. The third-order valence-electron chi connectivity index (χ3n) is 5.05. The number of hydrogen-bond donors (Lipinski definition) is 0. The van der Waals surface area contributed by atoms with Gasteiger partial charge in [-0.1, -0.05) is 36.4 Å². The van der Waals surface area contributed by atoms with Gasteiger partial charge < -0.3 is 0 Å². The summed E-state index contributed by atoms with van der Waals surface area (Å²) in [4.78, 5) is 34.2. The van der Waals surface area contributed by atoms with Crippen LogP contribution in [0.4, 0.5) is 0 Å². The second-order valence-electron chi connectivity index (χ2n) is 6.57. The molecule has 6 heteroatoms. The number of fused-ring (bicyclic) bond motifs is 2. The van der Waals surface area contributed by atoms with Crippen molar-refractivity contribution in [3.63, 3.8) is 0 Å². The van der Waals surface area contributed by atoms with Crippen LogP contribution >= 0.6 is 22.7 Å². The third kappa shape index (κ3) is 2.04. The van der Waals surface area contributed by atoms with Gasteiger partial charge in [-0.3, -0.25) is 9.59 Å². The molecule has 4 aromatic rings. The molecule has 0 spiro atoms. The number of nitrogens with zero attached hydrogens (tertiary/aromatic N) is 2. The number of benzene rings is 2. The van der Waals surface area contributed by atoms with E-state index in [1.54, 1.807) is 22.7 Å². The van der Waals surface area contributed by atoms with Gasteiger partial charge in [0.2, 0.25) is 0 Å². The van der Waals surface area contributed by atoms with Crippen LogP contribution in [-0.4, -0.2) is 9.97 Å². The molecule has 0 unspecified atom stereocenters. The van der Waals surface area contributed by atoms with E-state index in [2.05, 4.69) is 9.97 Å². The maximum atomic E-state index is 12.8. The first-order valence-electron chi connectivity index (χ1n) is 8.66. The Hall–Kier alpha value is -3.22. The molecule has 132 valence electrons. The van der Waals surface area contributed by atoms with Crippen LogP contribution in [0.1, 0.15) is 0 Å². The lowest BCUT2D eigenvalue weighted by molar-refractivity contribution is 1.24. The van der Waals surface area contributed by atoms with E-state index in [1.165, 1.54) is 0 Å². The summed E-state index contributed by atoms with van der Waals surface area (Å²) in [5.41, 5.74) is 1.75. The fourth-order valence-corrected chi connectivity index (χ4v) is 5.68. The molecule has 0 amide bonds. The van der Waals surface area contributed by atoms with Crippen molar-refractivity contribution in [3.8, 4) is 22.5 Å². The van der Waals surface area contributed by atoms with Crippen LogP contribution in [0.2, 0.25) is 0 Å². The molecule has 0 atom stereocenters. The van der Waals surface area contributed by atoms with Crippen LogP contribution in [0.15, 0.2) is 68.9 Å². The smallest absolute Gasteiger partial charge is 0.267 e. The van der Waals surface area contributed by atoms with E-state index < -0.39 is 0 Å².